The first kappa shape index (κ1) is 33.7. The van der Waals surface area contributed by atoms with Crippen LogP contribution in [0.4, 0.5) is 0 Å². The van der Waals surface area contributed by atoms with E-state index in [1.54, 1.807) is 14.1 Å². The Bertz CT molecular complexity index is 599. The van der Waals surface area contributed by atoms with Crippen molar-refractivity contribution >= 4 is 23.6 Å². The number of carbonyl (C=O) groups is 4. The molecule has 0 heterocycles. The van der Waals surface area contributed by atoms with Gasteiger partial charge in [0.2, 0.25) is 23.6 Å². The fourth-order valence-corrected chi connectivity index (χ4v) is 3.42. The minimum absolute atomic E-state index is 0.00222. The molecule has 0 spiro atoms. The van der Waals surface area contributed by atoms with Crippen molar-refractivity contribution in [2.24, 2.45) is 0 Å². The average Bonchev–Trinajstić information content (AvgIpc) is 2.87. The standard InChI is InChI=1S/C24H50N8O4/c1-5-29-23(35)9-16-31(17-10-24(36)30-6-2)19-20-32(15-8-22(34)26-4)18-14-28-13-12-27-11-7-21(33)25-3/h27-28H,5-20H2,1-4H3,(H,25,33)(H,26,34)(H,29,35)(H,30,36). The minimum atomic E-state index is -0.00222. The molecule has 4 amide bonds. The smallest absolute Gasteiger partial charge is 0.221 e. The lowest BCUT2D eigenvalue weighted by Gasteiger charge is -2.27. The molecule has 0 aromatic rings. The van der Waals surface area contributed by atoms with Gasteiger partial charge in [0.05, 0.1) is 0 Å². The second-order valence-corrected chi connectivity index (χ2v) is 8.44. The van der Waals surface area contributed by atoms with E-state index in [9.17, 15) is 19.2 Å². The maximum atomic E-state index is 11.9. The second kappa shape index (κ2) is 23.1. The number of carbonyl (C=O) groups excluding carboxylic acids is 4. The highest BCUT2D eigenvalue weighted by Gasteiger charge is 2.14. The van der Waals surface area contributed by atoms with Gasteiger partial charge in [0.25, 0.3) is 0 Å². The Labute approximate surface area is 217 Å². The van der Waals surface area contributed by atoms with Crippen LogP contribution in [0, 0.1) is 0 Å². The van der Waals surface area contributed by atoms with Crippen molar-refractivity contribution in [1.29, 1.82) is 0 Å². The monoisotopic (exact) mass is 514 g/mol. The molecule has 0 atom stereocenters. The van der Waals surface area contributed by atoms with Gasteiger partial charge in [-0.15, -0.1) is 0 Å². The minimum Gasteiger partial charge on any atom is -0.359 e. The molecule has 0 radical (unpaired) electrons. The lowest BCUT2D eigenvalue weighted by atomic mass is 10.3. The van der Waals surface area contributed by atoms with E-state index in [-0.39, 0.29) is 23.6 Å². The Kier molecular flexibility index (Phi) is 21.7. The van der Waals surface area contributed by atoms with Crippen molar-refractivity contribution in [3.8, 4) is 0 Å². The van der Waals surface area contributed by atoms with Crippen molar-refractivity contribution in [3.05, 3.63) is 0 Å². The van der Waals surface area contributed by atoms with E-state index in [0.717, 1.165) is 32.7 Å². The van der Waals surface area contributed by atoms with E-state index in [2.05, 4.69) is 41.7 Å². The third-order valence-corrected chi connectivity index (χ3v) is 5.62. The summed E-state index contributed by atoms with van der Waals surface area (Å²) in [5.41, 5.74) is 0. The molecule has 0 unspecified atom stereocenters. The third-order valence-electron chi connectivity index (χ3n) is 5.62. The van der Waals surface area contributed by atoms with Crippen LogP contribution in [0.2, 0.25) is 0 Å². The van der Waals surface area contributed by atoms with Gasteiger partial charge >= 0.3 is 0 Å². The molecule has 0 fully saturated rings. The van der Waals surface area contributed by atoms with Crippen molar-refractivity contribution in [2.75, 3.05) is 92.6 Å². The van der Waals surface area contributed by atoms with Crippen LogP contribution in [0.1, 0.15) is 39.5 Å². The first-order valence-electron chi connectivity index (χ1n) is 13.2. The lowest BCUT2D eigenvalue weighted by Crippen LogP contribution is -2.42. The zero-order chi connectivity index (χ0) is 27.0. The van der Waals surface area contributed by atoms with Crippen molar-refractivity contribution in [1.82, 2.24) is 41.7 Å². The lowest BCUT2D eigenvalue weighted by molar-refractivity contribution is -0.122. The summed E-state index contributed by atoms with van der Waals surface area (Å²) in [4.78, 5) is 51.3. The SMILES string of the molecule is CCNC(=O)CCN(CCC(=O)NCC)CCN(CCNCCNCCC(=O)NC)CCC(=O)NC. The van der Waals surface area contributed by atoms with Crippen molar-refractivity contribution in [3.63, 3.8) is 0 Å². The Balaban J connectivity index is 4.64. The molecule has 0 aliphatic carbocycles. The number of rotatable bonds is 23. The molecule has 0 aliphatic heterocycles. The van der Waals surface area contributed by atoms with Crippen LogP contribution in [-0.2, 0) is 19.2 Å². The normalized spacial score (nSPS) is 10.9. The molecule has 12 nitrogen and oxygen atoms in total. The van der Waals surface area contributed by atoms with Crippen LogP contribution >= 0.6 is 0 Å². The zero-order valence-electron chi connectivity index (χ0n) is 22.8. The fourth-order valence-electron chi connectivity index (χ4n) is 3.42. The van der Waals surface area contributed by atoms with Gasteiger partial charge in [0, 0.05) is 118 Å². The third kappa shape index (κ3) is 20.0. The van der Waals surface area contributed by atoms with Gasteiger partial charge in [0.15, 0.2) is 0 Å². The van der Waals surface area contributed by atoms with Crippen LogP contribution in [0.5, 0.6) is 0 Å². The molecule has 36 heavy (non-hydrogen) atoms. The summed E-state index contributed by atoms with van der Waals surface area (Å²) in [7, 11) is 3.27. The molecule has 0 rings (SSSR count). The molecule has 6 N–H and O–H groups in total. The summed E-state index contributed by atoms with van der Waals surface area (Å²) in [5.74, 6) is 0.0288. The first-order valence-corrected chi connectivity index (χ1v) is 13.2. The van der Waals surface area contributed by atoms with Gasteiger partial charge in [-0.1, -0.05) is 0 Å². The predicted molar refractivity (Wildman–Crippen MR) is 143 cm³/mol. The predicted octanol–water partition coefficient (Wildman–Crippen LogP) is -1.91. The number of hydrogen-bond donors (Lipinski definition) is 6. The highest BCUT2D eigenvalue weighted by molar-refractivity contribution is 5.77. The summed E-state index contributed by atoms with van der Waals surface area (Å²) in [6.45, 7) is 11.9. The van der Waals surface area contributed by atoms with E-state index in [4.69, 9.17) is 0 Å². The van der Waals surface area contributed by atoms with E-state index in [1.807, 2.05) is 13.8 Å². The topological polar surface area (TPSA) is 147 Å². The molecule has 0 saturated carbocycles. The molecular weight excluding hydrogens is 464 g/mol. The molecule has 0 saturated heterocycles. The van der Waals surface area contributed by atoms with Crippen molar-refractivity contribution < 1.29 is 19.2 Å². The summed E-state index contributed by atoms with van der Waals surface area (Å²) in [5, 5.41) is 17.5. The molecule has 0 aromatic carbocycles. The Morgan fingerprint density at radius 3 is 1.39 bits per heavy atom. The van der Waals surface area contributed by atoms with Crippen LogP contribution in [0.25, 0.3) is 0 Å². The summed E-state index contributed by atoms with van der Waals surface area (Å²) in [6.07, 6.45) is 1.64. The molecule has 0 aliphatic rings. The fraction of sp³-hybridized carbons (Fsp3) is 0.833. The van der Waals surface area contributed by atoms with Crippen LogP contribution in [0.3, 0.4) is 0 Å². The van der Waals surface area contributed by atoms with E-state index in [0.29, 0.717) is 71.5 Å². The van der Waals surface area contributed by atoms with Crippen LogP contribution in [-0.4, -0.2) is 126 Å². The quantitative estimate of drug-likeness (QED) is 0.0867. The summed E-state index contributed by atoms with van der Waals surface area (Å²) < 4.78 is 0. The van der Waals surface area contributed by atoms with Gasteiger partial charge in [-0.2, -0.15) is 0 Å². The molecule has 210 valence electrons. The Hall–Kier alpha value is -2.28. The van der Waals surface area contributed by atoms with E-state index >= 15 is 0 Å². The zero-order valence-corrected chi connectivity index (χ0v) is 22.8. The first-order chi connectivity index (χ1) is 17.4. The highest BCUT2D eigenvalue weighted by Crippen LogP contribution is 1.99. The largest absolute Gasteiger partial charge is 0.359 e. The molecular formula is C24H50N8O4. The van der Waals surface area contributed by atoms with Crippen LogP contribution in [0.15, 0.2) is 0 Å². The summed E-state index contributed by atoms with van der Waals surface area (Å²) >= 11 is 0. The van der Waals surface area contributed by atoms with Gasteiger partial charge < -0.3 is 41.7 Å². The Morgan fingerprint density at radius 2 is 0.917 bits per heavy atom. The van der Waals surface area contributed by atoms with Crippen molar-refractivity contribution in [2.45, 2.75) is 39.5 Å². The van der Waals surface area contributed by atoms with Gasteiger partial charge in [-0.25, -0.2) is 0 Å². The van der Waals surface area contributed by atoms with E-state index < -0.39 is 0 Å². The van der Waals surface area contributed by atoms with E-state index in [1.165, 1.54) is 0 Å². The second-order valence-electron chi connectivity index (χ2n) is 8.44. The summed E-state index contributed by atoms with van der Waals surface area (Å²) in [6, 6.07) is 0. The van der Waals surface area contributed by atoms with Gasteiger partial charge in [-0.3, -0.25) is 19.2 Å². The Morgan fingerprint density at radius 1 is 0.500 bits per heavy atom. The molecule has 0 bridgehead atoms. The van der Waals surface area contributed by atoms with Crippen LogP contribution < -0.4 is 31.9 Å². The number of nitrogens with one attached hydrogen (secondary N) is 6. The maximum Gasteiger partial charge on any atom is 0.221 e. The number of hydrogen-bond acceptors (Lipinski definition) is 8. The number of amides is 4. The van der Waals surface area contributed by atoms with Gasteiger partial charge in [0.1, 0.15) is 0 Å². The number of nitrogens with zero attached hydrogens (tertiary/aromatic N) is 2. The average molecular weight is 515 g/mol. The molecule has 12 heteroatoms. The highest BCUT2D eigenvalue weighted by atomic mass is 16.2. The molecule has 0 aromatic heterocycles. The maximum absolute atomic E-state index is 11.9. The van der Waals surface area contributed by atoms with Gasteiger partial charge in [-0.05, 0) is 13.8 Å².